The summed E-state index contributed by atoms with van der Waals surface area (Å²) in [5.74, 6) is 0.902. The Morgan fingerprint density at radius 3 is 2.88 bits per heavy atom. The Balaban J connectivity index is 1.07. The van der Waals surface area contributed by atoms with Gasteiger partial charge in [0.05, 0.1) is 25.3 Å². The monoisotopic (exact) mass is 556 g/mol. The lowest BCUT2D eigenvalue weighted by molar-refractivity contribution is -0.137. The molecule has 9 heteroatoms. The molecule has 5 heterocycles. The molecule has 41 heavy (non-hydrogen) atoms. The number of pyridine rings is 1. The summed E-state index contributed by atoms with van der Waals surface area (Å²) in [4.78, 5) is 21.9. The Kier molecular flexibility index (Phi) is 7.16. The predicted octanol–water partition coefficient (Wildman–Crippen LogP) is 3.98. The fourth-order valence-electron chi connectivity index (χ4n) is 7.32. The fraction of sp³-hybridized carbons (Fsp3) is 0.531. The number of carbonyl (C=O) groups is 1. The maximum absolute atomic E-state index is 12.1. The standard InChI is InChI=1S/C32H40N6O3/c39-30(40)17-25(24-15-28(37-11-13-41-14-12-37)19-29(16-24)38-9-2-8-34-38)21-36-10-6-32(22-36)20-26(32)18-27-5-4-23-3-1-7-33-31(23)35-27/h2,4-5,8-9,15-16,19,25-26H,1,3,6-7,10-14,17-18,20-22H2,(H,33,35)(H,39,40)/t25-,26+,32?/m1/s1. The van der Waals surface area contributed by atoms with E-state index in [2.05, 4.69) is 50.5 Å². The number of morpholine rings is 1. The zero-order valence-electron chi connectivity index (χ0n) is 23.7. The number of nitrogens with one attached hydrogen (secondary N) is 1. The van der Waals surface area contributed by atoms with E-state index < -0.39 is 5.97 Å². The number of nitrogens with zero attached hydrogens (tertiary/aromatic N) is 5. The van der Waals surface area contributed by atoms with Gasteiger partial charge in [-0.3, -0.25) is 4.79 Å². The quantitative estimate of drug-likeness (QED) is 0.409. The number of rotatable bonds is 9. The van der Waals surface area contributed by atoms with Crippen LogP contribution in [0, 0.1) is 11.3 Å². The molecule has 1 saturated carbocycles. The van der Waals surface area contributed by atoms with E-state index in [-0.39, 0.29) is 12.3 Å². The molecular formula is C32H40N6O3. The van der Waals surface area contributed by atoms with Crippen LogP contribution in [0.4, 0.5) is 11.5 Å². The van der Waals surface area contributed by atoms with E-state index in [4.69, 9.17) is 9.72 Å². The van der Waals surface area contributed by atoms with Crippen molar-refractivity contribution in [3.8, 4) is 5.69 Å². The van der Waals surface area contributed by atoms with E-state index in [1.807, 2.05) is 16.9 Å². The van der Waals surface area contributed by atoms with Crippen molar-refractivity contribution in [2.45, 2.75) is 44.4 Å². The molecule has 2 N–H and O–H groups in total. The summed E-state index contributed by atoms with van der Waals surface area (Å²) in [6.45, 7) is 6.92. The van der Waals surface area contributed by atoms with E-state index in [1.54, 1.807) is 6.20 Å². The maximum Gasteiger partial charge on any atom is 0.304 e. The number of fused-ring (bicyclic) bond motifs is 1. The molecule has 7 rings (SSSR count). The summed E-state index contributed by atoms with van der Waals surface area (Å²) < 4.78 is 7.46. The van der Waals surface area contributed by atoms with Gasteiger partial charge in [0.25, 0.3) is 0 Å². The minimum atomic E-state index is -0.752. The number of anilines is 2. The molecule has 1 unspecified atom stereocenters. The second-order valence-corrected chi connectivity index (χ2v) is 12.4. The van der Waals surface area contributed by atoms with Gasteiger partial charge in [0, 0.05) is 62.4 Å². The third-order valence-corrected chi connectivity index (χ3v) is 9.67. The van der Waals surface area contributed by atoms with Crippen molar-refractivity contribution < 1.29 is 14.6 Å². The summed E-state index contributed by atoms with van der Waals surface area (Å²) >= 11 is 0. The van der Waals surface area contributed by atoms with Gasteiger partial charge in [-0.1, -0.05) is 6.07 Å². The Bertz CT molecular complexity index is 1390. The largest absolute Gasteiger partial charge is 0.481 e. The third-order valence-electron chi connectivity index (χ3n) is 9.67. The Morgan fingerprint density at radius 2 is 2.05 bits per heavy atom. The van der Waals surface area contributed by atoms with Gasteiger partial charge in [0.2, 0.25) is 0 Å². The number of aliphatic carboxylic acids is 1. The molecule has 4 aliphatic rings. The van der Waals surface area contributed by atoms with Gasteiger partial charge < -0.3 is 25.0 Å². The van der Waals surface area contributed by atoms with Crippen molar-refractivity contribution in [3.05, 3.63) is 65.6 Å². The summed E-state index contributed by atoms with van der Waals surface area (Å²) in [6.07, 6.45) is 9.61. The van der Waals surface area contributed by atoms with Crippen molar-refractivity contribution in [3.63, 3.8) is 0 Å². The molecule has 3 aliphatic heterocycles. The number of ether oxygens (including phenoxy) is 1. The molecule has 3 atom stereocenters. The van der Waals surface area contributed by atoms with E-state index >= 15 is 0 Å². The van der Waals surface area contributed by atoms with Crippen LogP contribution < -0.4 is 10.2 Å². The van der Waals surface area contributed by atoms with Gasteiger partial charge in [0.15, 0.2) is 0 Å². The van der Waals surface area contributed by atoms with Gasteiger partial charge in [-0.15, -0.1) is 0 Å². The van der Waals surface area contributed by atoms with Gasteiger partial charge >= 0.3 is 5.97 Å². The van der Waals surface area contributed by atoms with Gasteiger partial charge in [0.1, 0.15) is 5.82 Å². The van der Waals surface area contributed by atoms with E-state index in [9.17, 15) is 9.90 Å². The van der Waals surface area contributed by atoms with Crippen LogP contribution >= 0.6 is 0 Å². The number of aromatic nitrogens is 3. The first-order chi connectivity index (χ1) is 20.0. The molecule has 3 aromatic rings. The highest BCUT2D eigenvalue weighted by atomic mass is 16.5. The predicted molar refractivity (Wildman–Crippen MR) is 158 cm³/mol. The Labute approximate surface area is 241 Å². The lowest BCUT2D eigenvalue weighted by atomic mass is 9.93. The summed E-state index contributed by atoms with van der Waals surface area (Å²) in [7, 11) is 0. The van der Waals surface area contributed by atoms with Gasteiger partial charge in [-0.05, 0) is 91.4 Å². The zero-order valence-corrected chi connectivity index (χ0v) is 23.7. The first kappa shape index (κ1) is 26.5. The molecule has 2 saturated heterocycles. The summed E-state index contributed by atoms with van der Waals surface area (Å²) in [5, 5.41) is 17.9. The SMILES string of the molecule is O=C(O)C[C@H](CN1CCC2(C[C@@H]2Cc2ccc3c(n2)NCCC3)C1)c1cc(N2CCOCC2)cc(-n2cccn2)c1. The average Bonchev–Trinajstić information content (AvgIpc) is 3.33. The molecule has 2 aromatic heterocycles. The average molecular weight is 557 g/mol. The Morgan fingerprint density at radius 1 is 1.17 bits per heavy atom. The number of carboxylic acids is 1. The van der Waals surface area contributed by atoms with Crippen molar-refractivity contribution >= 4 is 17.5 Å². The molecule has 0 bridgehead atoms. The van der Waals surface area contributed by atoms with Crippen LogP contribution in [-0.2, 0) is 22.4 Å². The van der Waals surface area contributed by atoms with Crippen molar-refractivity contribution in [2.24, 2.45) is 11.3 Å². The number of hydrogen-bond donors (Lipinski definition) is 2. The fourth-order valence-corrected chi connectivity index (χ4v) is 7.32. The summed E-state index contributed by atoms with van der Waals surface area (Å²) in [6, 6.07) is 12.9. The Hall–Kier alpha value is -3.43. The number of carboxylic acid groups (broad SMARTS) is 1. The van der Waals surface area contributed by atoms with Crippen molar-refractivity contribution in [1.29, 1.82) is 0 Å². The smallest absolute Gasteiger partial charge is 0.304 e. The topological polar surface area (TPSA) is 95.7 Å². The molecule has 3 fully saturated rings. The van der Waals surface area contributed by atoms with Crippen LogP contribution in [0.3, 0.4) is 0 Å². The van der Waals surface area contributed by atoms with Crippen molar-refractivity contribution in [1.82, 2.24) is 19.7 Å². The maximum atomic E-state index is 12.1. The van der Waals surface area contributed by atoms with E-state index in [0.29, 0.717) is 24.5 Å². The van der Waals surface area contributed by atoms with Crippen LogP contribution in [0.1, 0.15) is 48.4 Å². The van der Waals surface area contributed by atoms with Gasteiger partial charge in [-0.2, -0.15) is 5.10 Å². The van der Waals surface area contributed by atoms with Gasteiger partial charge in [-0.25, -0.2) is 9.67 Å². The molecule has 1 spiro atoms. The molecule has 0 amide bonds. The second-order valence-electron chi connectivity index (χ2n) is 12.4. The lowest BCUT2D eigenvalue weighted by Crippen LogP contribution is -2.36. The van der Waals surface area contributed by atoms with E-state index in [1.165, 1.54) is 30.5 Å². The molecule has 1 aliphatic carbocycles. The molecule has 9 nitrogen and oxygen atoms in total. The normalized spacial score (nSPS) is 24.7. The molecule has 1 aromatic carbocycles. The lowest BCUT2D eigenvalue weighted by Gasteiger charge is -2.31. The number of hydrogen-bond acceptors (Lipinski definition) is 7. The minimum absolute atomic E-state index is 0.0939. The summed E-state index contributed by atoms with van der Waals surface area (Å²) in [5.41, 5.74) is 6.05. The van der Waals surface area contributed by atoms with Crippen LogP contribution in [0.25, 0.3) is 5.69 Å². The number of aryl methyl sites for hydroxylation is 1. The highest BCUT2D eigenvalue weighted by molar-refractivity contribution is 5.68. The highest BCUT2D eigenvalue weighted by Crippen LogP contribution is 2.59. The van der Waals surface area contributed by atoms with Crippen LogP contribution in [0.2, 0.25) is 0 Å². The minimum Gasteiger partial charge on any atom is -0.481 e. The number of likely N-dealkylation sites (tertiary alicyclic amines) is 1. The number of benzene rings is 1. The second kappa shape index (κ2) is 11.1. The highest BCUT2D eigenvalue weighted by Gasteiger charge is 2.57. The van der Waals surface area contributed by atoms with Crippen LogP contribution in [-0.4, -0.2) is 83.2 Å². The molecular weight excluding hydrogens is 516 g/mol. The molecule has 0 radical (unpaired) electrons. The van der Waals surface area contributed by atoms with E-state index in [0.717, 1.165) is 74.9 Å². The van der Waals surface area contributed by atoms with Crippen LogP contribution in [0.15, 0.2) is 48.8 Å². The molecule has 216 valence electrons. The van der Waals surface area contributed by atoms with Crippen molar-refractivity contribution in [2.75, 3.05) is 62.7 Å². The van der Waals surface area contributed by atoms with Crippen LogP contribution in [0.5, 0.6) is 0 Å². The zero-order chi connectivity index (χ0) is 27.8. The first-order valence-corrected chi connectivity index (χ1v) is 15.2. The third kappa shape index (κ3) is 5.70. The first-order valence-electron chi connectivity index (χ1n) is 15.2.